The first kappa shape index (κ1) is 14.8. The summed E-state index contributed by atoms with van der Waals surface area (Å²) in [7, 11) is 0. The molecule has 0 radical (unpaired) electrons. The molecule has 1 saturated heterocycles. The van der Waals surface area contributed by atoms with Crippen LogP contribution in [-0.2, 0) is 4.79 Å². The fourth-order valence-electron chi connectivity index (χ4n) is 2.70. The minimum absolute atomic E-state index is 0.0379. The molecular formula is C15H24N4O. The molecule has 2 rings (SSSR count). The summed E-state index contributed by atoms with van der Waals surface area (Å²) in [6, 6.07) is 4.39. The van der Waals surface area contributed by atoms with Crippen LogP contribution in [-0.4, -0.2) is 30.5 Å². The number of amides is 1. The molecule has 2 heterocycles. The quantitative estimate of drug-likeness (QED) is 0.854. The van der Waals surface area contributed by atoms with Crippen molar-refractivity contribution in [3.63, 3.8) is 0 Å². The Morgan fingerprint density at radius 2 is 2.40 bits per heavy atom. The summed E-state index contributed by atoms with van der Waals surface area (Å²) >= 11 is 0. The molecule has 5 nitrogen and oxygen atoms in total. The summed E-state index contributed by atoms with van der Waals surface area (Å²) < 4.78 is 0. The molecule has 0 spiro atoms. The maximum absolute atomic E-state index is 11.3. The molecule has 1 amide bonds. The van der Waals surface area contributed by atoms with Crippen molar-refractivity contribution in [2.75, 3.05) is 24.5 Å². The fraction of sp³-hybridized carbons (Fsp3) is 0.600. The summed E-state index contributed by atoms with van der Waals surface area (Å²) in [5, 5.41) is 3.35. The third-order valence-electron chi connectivity index (χ3n) is 3.91. The lowest BCUT2D eigenvalue weighted by molar-refractivity contribution is -0.122. The van der Waals surface area contributed by atoms with E-state index in [4.69, 9.17) is 5.73 Å². The lowest BCUT2D eigenvalue weighted by Gasteiger charge is -2.32. The van der Waals surface area contributed by atoms with Gasteiger partial charge in [-0.2, -0.15) is 0 Å². The van der Waals surface area contributed by atoms with Gasteiger partial charge in [0.1, 0.15) is 0 Å². The Labute approximate surface area is 120 Å². The highest BCUT2D eigenvalue weighted by Gasteiger charge is 2.24. The minimum Gasteiger partial charge on any atom is -0.369 e. The highest BCUT2D eigenvalue weighted by atomic mass is 16.1. The average molecular weight is 276 g/mol. The van der Waals surface area contributed by atoms with Crippen LogP contribution in [0.5, 0.6) is 0 Å². The number of rotatable bonds is 5. The van der Waals surface area contributed by atoms with Crippen LogP contribution in [0.1, 0.15) is 38.4 Å². The highest BCUT2D eigenvalue weighted by molar-refractivity contribution is 5.77. The molecule has 110 valence electrons. The van der Waals surface area contributed by atoms with Gasteiger partial charge in [0.15, 0.2) is 0 Å². The van der Waals surface area contributed by atoms with Crippen LogP contribution in [0.15, 0.2) is 18.3 Å². The average Bonchev–Trinajstić information content (AvgIpc) is 2.48. The normalized spacial score (nSPS) is 20.7. The molecule has 2 atom stereocenters. The molecular weight excluding hydrogens is 252 g/mol. The predicted octanol–water partition coefficient (Wildman–Crippen LogP) is 1.45. The van der Waals surface area contributed by atoms with Crippen molar-refractivity contribution in [2.24, 2.45) is 11.7 Å². The van der Waals surface area contributed by atoms with Crippen molar-refractivity contribution < 1.29 is 4.79 Å². The number of nitrogens with one attached hydrogen (secondary N) is 1. The largest absolute Gasteiger partial charge is 0.369 e. The monoisotopic (exact) mass is 276 g/mol. The molecule has 0 aromatic carbocycles. The van der Waals surface area contributed by atoms with E-state index in [1.165, 1.54) is 0 Å². The molecule has 0 aliphatic carbocycles. The summed E-state index contributed by atoms with van der Waals surface area (Å²) in [6.45, 7) is 6.79. The number of piperidine rings is 1. The van der Waals surface area contributed by atoms with Gasteiger partial charge in [0, 0.05) is 19.1 Å². The second kappa shape index (κ2) is 6.70. The van der Waals surface area contributed by atoms with E-state index >= 15 is 0 Å². The van der Waals surface area contributed by atoms with Crippen LogP contribution in [0.25, 0.3) is 0 Å². The Kier molecular flexibility index (Phi) is 4.95. The molecule has 2 unspecified atom stereocenters. The standard InChI is InChI=1S/C15H24N4O/c1-3-17-11(2)14-7-6-13(9-18-14)19-8-4-5-12(10-19)15(16)20/h6-7,9,11-12,17H,3-5,8,10H2,1-2H3,(H2,16,20). The van der Waals surface area contributed by atoms with E-state index in [1.54, 1.807) is 0 Å². The Morgan fingerprint density at radius 3 is 3.00 bits per heavy atom. The second-order valence-electron chi connectivity index (χ2n) is 5.41. The highest BCUT2D eigenvalue weighted by Crippen LogP contribution is 2.23. The summed E-state index contributed by atoms with van der Waals surface area (Å²) in [5.74, 6) is -0.232. The zero-order valence-electron chi connectivity index (χ0n) is 12.3. The molecule has 0 saturated carbocycles. The Balaban J connectivity index is 2.04. The molecule has 5 heteroatoms. The predicted molar refractivity (Wildman–Crippen MR) is 80.5 cm³/mol. The van der Waals surface area contributed by atoms with Crippen molar-refractivity contribution in [3.8, 4) is 0 Å². The van der Waals surface area contributed by atoms with Gasteiger partial charge in [0.2, 0.25) is 5.91 Å². The van der Waals surface area contributed by atoms with Gasteiger partial charge in [-0.25, -0.2) is 0 Å². The van der Waals surface area contributed by atoms with E-state index < -0.39 is 0 Å². The summed E-state index contributed by atoms with van der Waals surface area (Å²) in [6.07, 6.45) is 3.80. The van der Waals surface area contributed by atoms with Gasteiger partial charge in [-0.3, -0.25) is 9.78 Å². The Hall–Kier alpha value is -1.62. The zero-order chi connectivity index (χ0) is 14.5. The smallest absolute Gasteiger partial charge is 0.222 e. The van der Waals surface area contributed by atoms with Crippen LogP contribution < -0.4 is 16.0 Å². The number of carbonyl (C=O) groups is 1. The van der Waals surface area contributed by atoms with Gasteiger partial charge in [-0.05, 0) is 38.4 Å². The van der Waals surface area contributed by atoms with E-state index in [1.807, 2.05) is 6.20 Å². The van der Waals surface area contributed by atoms with Crippen LogP contribution in [0.3, 0.4) is 0 Å². The number of nitrogens with two attached hydrogens (primary N) is 1. The molecule has 1 fully saturated rings. The topological polar surface area (TPSA) is 71.2 Å². The van der Waals surface area contributed by atoms with Crippen LogP contribution in [0, 0.1) is 5.92 Å². The summed E-state index contributed by atoms with van der Waals surface area (Å²) in [4.78, 5) is 18.0. The molecule has 3 N–H and O–H groups in total. The molecule has 1 aromatic rings. The van der Waals surface area contributed by atoms with Crippen molar-refractivity contribution >= 4 is 11.6 Å². The van der Waals surface area contributed by atoms with Crippen molar-refractivity contribution in [1.82, 2.24) is 10.3 Å². The Morgan fingerprint density at radius 1 is 1.60 bits per heavy atom. The third kappa shape index (κ3) is 3.48. The van der Waals surface area contributed by atoms with Crippen molar-refractivity contribution in [2.45, 2.75) is 32.7 Å². The molecule has 1 aromatic heterocycles. The van der Waals surface area contributed by atoms with E-state index in [0.717, 1.165) is 37.3 Å². The fourth-order valence-corrected chi connectivity index (χ4v) is 2.70. The first-order valence-corrected chi connectivity index (χ1v) is 7.35. The van der Waals surface area contributed by atoms with Crippen molar-refractivity contribution in [3.05, 3.63) is 24.0 Å². The van der Waals surface area contributed by atoms with E-state index in [2.05, 4.69) is 41.2 Å². The SMILES string of the molecule is CCNC(C)c1ccc(N2CCCC(C(N)=O)C2)cn1. The van der Waals surface area contributed by atoms with Gasteiger partial charge in [-0.15, -0.1) is 0 Å². The minimum atomic E-state index is -0.194. The zero-order valence-corrected chi connectivity index (χ0v) is 12.3. The number of anilines is 1. The Bertz CT molecular complexity index is 446. The maximum atomic E-state index is 11.3. The van der Waals surface area contributed by atoms with Crippen LogP contribution in [0.4, 0.5) is 5.69 Å². The number of aromatic nitrogens is 1. The van der Waals surface area contributed by atoms with Gasteiger partial charge in [-0.1, -0.05) is 6.92 Å². The summed E-state index contributed by atoms with van der Waals surface area (Å²) in [5.41, 5.74) is 7.53. The molecule has 1 aliphatic rings. The van der Waals surface area contributed by atoms with Crippen LogP contribution >= 0.6 is 0 Å². The number of hydrogen-bond donors (Lipinski definition) is 2. The molecule has 20 heavy (non-hydrogen) atoms. The van der Waals surface area contributed by atoms with E-state index in [-0.39, 0.29) is 17.9 Å². The van der Waals surface area contributed by atoms with Gasteiger partial charge in [0.25, 0.3) is 0 Å². The number of primary amides is 1. The second-order valence-corrected chi connectivity index (χ2v) is 5.41. The molecule has 1 aliphatic heterocycles. The van der Waals surface area contributed by atoms with Crippen LogP contribution in [0.2, 0.25) is 0 Å². The number of pyridine rings is 1. The van der Waals surface area contributed by atoms with E-state index in [9.17, 15) is 4.79 Å². The number of nitrogens with zero attached hydrogens (tertiary/aromatic N) is 2. The molecule has 0 bridgehead atoms. The lowest BCUT2D eigenvalue weighted by atomic mass is 9.97. The lowest BCUT2D eigenvalue weighted by Crippen LogP contribution is -2.41. The first-order valence-electron chi connectivity index (χ1n) is 7.35. The van der Waals surface area contributed by atoms with Gasteiger partial charge < -0.3 is 16.0 Å². The maximum Gasteiger partial charge on any atom is 0.222 e. The number of carbonyl (C=O) groups excluding carboxylic acids is 1. The first-order chi connectivity index (χ1) is 9.61. The van der Waals surface area contributed by atoms with Crippen molar-refractivity contribution in [1.29, 1.82) is 0 Å². The van der Waals surface area contributed by atoms with Gasteiger partial charge >= 0.3 is 0 Å². The number of hydrogen-bond acceptors (Lipinski definition) is 4. The third-order valence-corrected chi connectivity index (χ3v) is 3.91. The van der Waals surface area contributed by atoms with Gasteiger partial charge in [0.05, 0.1) is 23.5 Å². The van der Waals surface area contributed by atoms with E-state index in [0.29, 0.717) is 6.54 Å².